The lowest BCUT2D eigenvalue weighted by molar-refractivity contribution is 0.768. The summed E-state index contributed by atoms with van der Waals surface area (Å²) in [5.41, 5.74) is 2.46. The minimum Gasteiger partial charge on any atom is -0.319 e. The molecule has 3 heteroatoms. The van der Waals surface area contributed by atoms with Crippen LogP contribution in [0.15, 0.2) is 18.3 Å². The van der Waals surface area contributed by atoms with E-state index in [4.69, 9.17) is 0 Å². The van der Waals surface area contributed by atoms with Gasteiger partial charge in [0.05, 0.1) is 0 Å². The van der Waals surface area contributed by atoms with Gasteiger partial charge in [-0.3, -0.25) is 4.98 Å². The first-order chi connectivity index (χ1) is 6.86. The average molecular weight is 193 g/mol. The lowest BCUT2D eigenvalue weighted by atomic mass is 10.2. The predicted octanol–water partition coefficient (Wildman–Crippen LogP) is 0.605. The molecule has 0 aliphatic heterocycles. The van der Waals surface area contributed by atoms with E-state index in [-0.39, 0.29) is 0 Å². The van der Waals surface area contributed by atoms with Crippen LogP contribution in [0.3, 0.4) is 0 Å². The van der Waals surface area contributed by atoms with Gasteiger partial charge < -0.3 is 10.6 Å². The van der Waals surface area contributed by atoms with E-state index in [9.17, 15) is 0 Å². The van der Waals surface area contributed by atoms with Gasteiger partial charge in [-0.05, 0) is 38.7 Å². The maximum Gasteiger partial charge on any atom is 0.0416 e. The first kappa shape index (κ1) is 11.1. The molecule has 0 aliphatic carbocycles. The zero-order chi connectivity index (χ0) is 10.2. The summed E-state index contributed by atoms with van der Waals surface area (Å²) in [4.78, 5) is 4.40. The van der Waals surface area contributed by atoms with Crippen molar-refractivity contribution in [2.45, 2.75) is 12.8 Å². The van der Waals surface area contributed by atoms with Crippen molar-refractivity contribution < 1.29 is 0 Å². The number of nitrogens with zero attached hydrogens (tertiary/aromatic N) is 1. The van der Waals surface area contributed by atoms with E-state index >= 15 is 0 Å². The molecule has 1 heterocycles. The van der Waals surface area contributed by atoms with Crippen molar-refractivity contribution in [3.63, 3.8) is 0 Å². The number of nitrogens with one attached hydrogen (secondary N) is 2. The molecule has 14 heavy (non-hydrogen) atoms. The average Bonchev–Trinajstić information content (AvgIpc) is 2.25. The fraction of sp³-hybridized carbons (Fsp3) is 0.545. The molecule has 2 N–H and O–H groups in total. The first-order valence-corrected chi connectivity index (χ1v) is 5.10. The van der Waals surface area contributed by atoms with Gasteiger partial charge in [0.2, 0.25) is 0 Å². The lowest BCUT2D eigenvalue weighted by Crippen LogP contribution is -2.12. The Morgan fingerprint density at radius 1 is 1.07 bits per heavy atom. The molecule has 0 aliphatic rings. The molecule has 0 aromatic carbocycles. The molecule has 0 bridgehead atoms. The monoisotopic (exact) mass is 193 g/mol. The number of hydrogen-bond acceptors (Lipinski definition) is 3. The minimum absolute atomic E-state index is 0.989. The molecule has 0 unspecified atom stereocenters. The summed E-state index contributed by atoms with van der Waals surface area (Å²) in [6, 6.07) is 4.28. The topological polar surface area (TPSA) is 37.0 Å². The van der Waals surface area contributed by atoms with Crippen LogP contribution in [0.5, 0.6) is 0 Å². The summed E-state index contributed by atoms with van der Waals surface area (Å²) in [6.07, 6.45) is 4.03. The van der Waals surface area contributed by atoms with Crippen molar-refractivity contribution in [2.75, 3.05) is 27.2 Å². The van der Waals surface area contributed by atoms with E-state index in [0.29, 0.717) is 0 Å². The van der Waals surface area contributed by atoms with Crippen LogP contribution in [0.4, 0.5) is 0 Å². The maximum atomic E-state index is 4.40. The number of pyridine rings is 1. The lowest BCUT2D eigenvalue weighted by Gasteiger charge is -2.02. The molecule has 0 saturated heterocycles. The third-order valence-electron chi connectivity index (χ3n) is 2.18. The zero-order valence-corrected chi connectivity index (χ0v) is 9.01. The van der Waals surface area contributed by atoms with E-state index < -0.39 is 0 Å². The quantitative estimate of drug-likeness (QED) is 0.695. The Hall–Kier alpha value is -0.930. The Balaban J connectivity index is 2.42. The smallest absolute Gasteiger partial charge is 0.0416 e. The SMILES string of the molecule is CNCCc1ccc(CCNC)nc1. The van der Waals surface area contributed by atoms with Crippen LogP contribution in [0.2, 0.25) is 0 Å². The molecule has 0 atom stereocenters. The van der Waals surface area contributed by atoms with Gasteiger partial charge in [-0.2, -0.15) is 0 Å². The Morgan fingerprint density at radius 2 is 1.79 bits per heavy atom. The molecule has 0 radical (unpaired) electrons. The number of rotatable bonds is 6. The number of hydrogen-bond donors (Lipinski definition) is 2. The van der Waals surface area contributed by atoms with Crippen molar-refractivity contribution in [3.05, 3.63) is 29.6 Å². The van der Waals surface area contributed by atoms with Crippen molar-refractivity contribution in [1.29, 1.82) is 0 Å². The number of aromatic nitrogens is 1. The molecule has 0 saturated carbocycles. The Labute approximate surface area is 85.9 Å². The van der Waals surface area contributed by atoms with Gasteiger partial charge in [-0.15, -0.1) is 0 Å². The molecule has 3 nitrogen and oxygen atoms in total. The Morgan fingerprint density at radius 3 is 2.36 bits per heavy atom. The third-order valence-corrected chi connectivity index (χ3v) is 2.18. The van der Waals surface area contributed by atoms with Gasteiger partial charge in [0.15, 0.2) is 0 Å². The third kappa shape index (κ3) is 3.85. The highest BCUT2D eigenvalue weighted by Gasteiger charge is 1.95. The van der Waals surface area contributed by atoms with Crippen LogP contribution in [0.1, 0.15) is 11.3 Å². The normalized spacial score (nSPS) is 10.4. The predicted molar refractivity (Wildman–Crippen MR) is 59.5 cm³/mol. The fourth-order valence-electron chi connectivity index (χ4n) is 1.27. The van der Waals surface area contributed by atoms with Crippen LogP contribution < -0.4 is 10.6 Å². The van der Waals surface area contributed by atoms with E-state index in [1.165, 1.54) is 5.56 Å². The summed E-state index contributed by atoms with van der Waals surface area (Å²) < 4.78 is 0. The number of likely N-dealkylation sites (N-methyl/N-ethyl adjacent to an activating group) is 2. The Bertz CT molecular complexity index is 216. The van der Waals surface area contributed by atoms with Gasteiger partial charge in [0.25, 0.3) is 0 Å². The summed E-state index contributed by atoms with van der Waals surface area (Å²) in [5.74, 6) is 0. The standard InChI is InChI=1S/C11H19N3/c1-12-7-5-10-3-4-11(14-9-10)6-8-13-2/h3-4,9,12-13H,5-8H2,1-2H3. The molecule has 1 aromatic rings. The van der Waals surface area contributed by atoms with Crippen molar-refractivity contribution in [1.82, 2.24) is 15.6 Å². The van der Waals surface area contributed by atoms with Gasteiger partial charge in [0, 0.05) is 24.9 Å². The van der Waals surface area contributed by atoms with E-state index in [2.05, 4.69) is 27.8 Å². The second-order valence-electron chi connectivity index (χ2n) is 3.36. The van der Waals surface area contributed by atoms with Gasteiger partial charge >= 0.3 is 0 Å². The fourth-order valence-corrected chi connectivity index (χ4v) is 1.27. The summed E-state index contributed by atoms with van der Waals surface area (Å²) in [5, 5.41) is 6.24. The van der Waals surface area contributed by atoms with Crippen molar-refractivity contribution in [2.24, 2.45) is 0 Å². The summed E-state index contributed by atoms with van der Waals surface area (Å²) >= 11 is 0. The zero-order valence-electron chi connectivity index (χ0n) is 9.01. The molecule has 0 fully saturated rings. The van der Waals surface area contributed by atoms with E-state index in [0.717, 1.165) is 31.6 Å². The largest absolute Gasteiger partial charge is 0.319 e. The van der Waals surface area contributed by atoms with Crippen LogP contribution in [0, 0.1) is 0 Å². The van der Waals surface area contributed by atoms with Crippen molar-refractivity contribution >= 4 is 0 Å². The molecule has 1 rings (SSSR count). The van der Waals surface area contributed by atoms with Gasteiger partial charge in [0.1, 0.15) is 0 Å². The molecule has 0 amide bonds. The van der Waals surface area contributed by atoms with Crippen LogP contribution in [-0.2, 0) is 12.8 Å². The van der Waals surface area contributed by atoms with Crippen LogP contribution in [-0.4, -0.2) is 32.2 Å². The second kappa shape index (κ2) is 6.51. The van der Waals surface area contributed by atoms with Crippen molar-refractivity contribution in [3.8, 4) is 0 Å². The molecule has 78 valence electrons. The minimum atomic E-state index is 0.989. The first-order valence-electron chi connectivity index (χ1n) is 5.10. The molecular formula is C11H19N3. The Kier molecular flexibility index (Phi) is 5.19. The van der Waals surface area contributed by atoms with E-state index in [1.807, 2.05) is 20.3 Å². The highest BCUT2D eigenvalue weighted by molar-refractivity contribution is 5.14. The van der Waals surface area contributed by atoms with Gasteiger partial charge in [-0.25, -0.2) is 0 Å². The highest BCUT2D eigenvalue weighted by atomic mass is 14.8. The van der Waals surface area contributed by atoms with Crippen LogP contribution in [0.25, 0.3) is 0 Å². The highest BCUT2D eigenvalue weighted by Crippen LogP contribution is 2.01. The molecule has 0 spiro atoms. The maximum absolute atomic E-state index is 4.40. The summed E-state index contributed by atoms with van der Waals surface area (Å²) in [7, 11) is 3.93. The van der Waals surface area contributed by atoms with E-state index in [1.54, 1.807) is 0 Å². The second-order valence-corrected chi connectivity index (χ2v) is 3.36. The van der Waals surface area contributed by atoms with Crippen LogP contribution >= 0.6 is 0 Å². The molecular weight excluding hydrogens is 174 g/mol. The summed E-state index contributed by atoms with van der Waals surface area (Å²) in [6.45, 7) is 2.00. The molecule has 1 aromatic heterocycles. The van der Waals surface area contributed by atoms with Gasteiger partial charge in [-0.1, -0.05) is 6.07 Å².